The van der Waals surface area contributed by atoms with E-state index in [2.05, 4.69) is 10.3 Å². The number of amides is 1. The van der Waals surface area contributed by atoms with Crippen LogP contribution in [0.15, 0.2) is 28.3 Å². The summed E-state index contributed by atoms with van der Waals surface area (Å²) in [6.45, 7) is 2.30. The van der Waals surface area contributed by atoms with Crippen LogP contribution in [0.3, 0.4) is 0 Å². The number of nitrogens with zero attached hydrogens (tertiary/aromatic N) is 2. The van der Waals surface area contributed by atoms with Gasteiger partial charge in [-0.25, -0.2) is 13.4 Å². The first-order valence-corrected chi connectivity index (χ1v) is 11.9. The highest BCUT2D eigenvalue weighted by atomic mass is 32.2. The molecular formula is C18H27N3O4S2. The second-order valence-corrected chi connectivity index (χ2v) is 9.88. The van der Waals surface area contributed by atoms with Crippen LogP contribution in [-0.4, -0.2) is 62.2 Å². The summed E-state index contributed by atoms with van der Waals surface area (Å²) in [5, 5.41) is 3.64. The fourth-order valence-electron chi connectivity index (χ4n) is 3.38. The minimum atomic E-state index is -3.53. The van der Waals surface area contributed by atoms with Crippen LogP contribution in [0.1, 0.15) is 32.1 Å². The molecule has 1 aliphatic heterocycles. The molecule has 2 heterocycles. The van der Waals surface area contributed by atoms with Crippen LogP contribution in [0.4, 0.5) is 0 Å². The molecule has 0 unspecified atom stereocenters. The number of carbonyl (C=O) groups is 1. The number of pyridine rings is 1. The Kier molecular flexibility index (Phi) is 7.51. The van der Waals surface area contributed by atoms with Crippen LogP contribution in [0.2, 0.25) is 0 Å². The molecule has 1 aliphatic carbocycles. The maximum Gasteiger partial charge on any atom is 0.244 e. The van der Waals surface area contributed by atoms with Gasteiger partial charge in [0, 0.05) is 25.8 Å². The van der Waals surface area contributed by atoms with Crippen LogP contribution >= 0.6 is 11.8 Å². The number of hydrogen-bond donors (Lipinski definition) is 1. The average Bonchev–Trinajstić information content (AvgIpc) is 2.72. The monoisotopic (exact) mass is 413 g/mol. The second kappa shape index (κ2) is 9.86. The lowest BCUT2D eigenvalue weighted by Gasteiger charge is -2.25. The van der Waals surface area contributed by atoms with Gasteiger partial charge in [-0.3, -0.25) is 4.79 Å². The van der Waals surface area contributed by atoms with E-state index in [4.69, 9.17) is 4.74 Å². The van der Waals surface area contributed by atoms with Gasteiger partial charge in [0.2, 0.25) is 15.9 Å². The Bertz CT molecular complexity index is 713. The fraction of sp³-hybridized carbons (Fsp3) is 0.667. The lowest BCUT2D eigenvalue weighted by molar-refractivity contribution is -0.118. The normalized spacial score (nSPS) is 19.7. The Balaban J connectivity index is 1.46. The van der Waals surface area contributed by atoms with Gasteiger partial charge in [0.15, 0.2) is 0 Å². The minimum Gasteiger partial charge on any atom is -0.379 e. The van der Waals surface area contributed by atoms with E-state index >= 15 is 0 Å². The maximum atomic E-state index is 12.6. The molecular weight excluding hydrogens is 386 g/mol. The molecule has 0 bridgehead atoms. The number of aromatic nitrogens is 1. The van der Waals surface area contributed by atoms with E-state index in [1.807, 2.05) is 0 Å². The van der Waals surface area contributed by atoms with Crippen LogP contribution in [0.5, 0.6) is 0 Å². The largest absolute Gasteiger partial charge is 0.379 e. The number of hydrogen-bond acceptors (Lipinski definition) is 6. The van der Waals surface area contributed by atoms with Crippen molar-refractivity contribution in [3.8, 4) is 0 Å². The molecule has 0 aromatic carbocycles. The molecule has 150 valence electrons. The number of sulfonamides is 1. The Morgan fingerprint density at radius 3 is 2.63 bits per heavy atom. The summed E-state index contributed by atoms with van der Waals surface area (Å²) >= 11 is 1.32. The zero-order chi connectivity index (χ0) is 19.1. The quantitative estimate of drug-likeness (QED) is 0.687. The van der Waals surface area contributed by atoms with Gasteiger partial charge in [0.05, 0.1) is 24.0 Å². The molecule has 1 saturated carbocycles. The topological polar surface area (TPSA) is 88.6 Å². The van der Waals surface area contributed by atoms with Gasteiger partial charge < -0.3 is 10.1 Å². The number of ether oxygens (including phenoxy) is 1. The second-order valence-electron chi connectivity index (χ2n) is 6.95. The standard InChI is InChI=1S/C18H27N3O4S2/c22-17(19-12-15-4-2-1-3-5-15)14-26-18-7-6-16(13-20-18)27(23,24)21-8-10-25-11-9-21/h6-7,13,15H,1-5,8-12,14H2,(H,19,22). The molecule has 1 aromatic heterocycles. The van der Waals surface area contributed by atoms with Crippen molar-refractivity contribution in [1.29, 1.82) is 0 Å². The zero-order valence-corrected chi connectivity index (χ0v) is 17.1. The molecule has 2 aliphatic rings. The summed E-state index contributed by atoms with van der Waals surface area (Å²) in [7, 11) is -3.53. The van der Waals surface area contributed by atoms with Crippen molar-refractivity contribution in [2.24, 2.45) is 5.92 Å². The predicted molar refractivity (Wildman–Crippen MR) is 104 cm³/mol. The summed E-state index contributed by atoms with van der Waals surface area (Å²) < 4.78 is 31.7. The summed E-state index contributed by atoms with van der Waals surface area (Å²) in [6.07, 6.45) is 7.61. The first-order chi connectivity index (χ1) is 13.1. The molecule has 1 saturated heterocycles. The van der Waals surface area contributed by atoms with Crippen LogP contribution in [0, 0.1) is 5.92 Å². The number of carbonyl (C=O) groups excluding carboxylic acids is 1. The van der Waals surface area contributed by atoms with E-state index in [9.17, 15) is 13.2 Å². The average molecular weight is 414 g/mol. The van der Waals surface area contributed by atoms with Crippen LogP contribution < -0.4 is 5.32 Å². The van der Waals surface area contributed by atoms with Gasteiger partial charge in [0.25, 0.3) is 0 Å². The minimum absolute atomic E-state index is 0.00242. The molecule has 0 atom stereocenters. The Hall–Kier alpha value is -1.16. The van der Waals surface area contributed by atoms with E-state index in [1.54, 1.807) is 12.1 Å². The molecule has 1 N–H and O–H groups in total. The van der Waals surface area contributed by atoms with Gasteiger partial charge >= 0.3 is 0 Å². The maximum absolute atomic E-state index is 12.6. The molecule has 0 radical (unpaired) electrons. The Labute approximate surface area is 165 Å². The van der Waals surface area contributed by atoms with E-state index in [-0.39, 0.29) is 16.6 Å². The highest BCUT2D eigenvalue weighted by molar-refractivity contribution is 7.99. The van der Waals surface area contributed by atoms with Gasteiger partial charge in [-0.2, -0.15) is 4.31 Å². The third-order valence-electron chi connectivity index (χ3n) is 4.98. The van der Waals surface area contributed by atoms with Gasteiger partial charge in [0.1, 0.15) is 4.90 Å². The van der Waals surface area contributed by atoms with Crippen molar-refractivity contribution in [2.75, 3.05) is 38.6 Å². The summed E-state index contributed by atoms with van der Waals surface area (Å²) in [5.74, 6) is 0.892. The lowest BCUT2D eigenvalue weighted by atomic mass is 9.89. The van der Waals surface area contributed by atoms with Gasteiger partial charge in [-0.05, 0) is 30.9 Å². The fourth-order valence-corrected chi connectivity index (χ4v) is 5.41. The molecule has 3 rings (SSSR count). The zero-order valence-electron chi connectivity index (χ0n) is 15.4. The Morgan fingerprint density at radius 1 is 1.22 bits per heavy atom. The smallest absolute Gasteiger partial charge is 0.244 e. The summed E-state index contributed by atoms with van der Waals surface area (Å²) in [4.78, 5) is 16.4. The molecule has 7 nitrogen and oxygen atoms in total. The lowest BCUT2D eigenvalue weighted by Crippen LogP contribution is -2.40. The summed E-state index contributed by atoms with van der Waals surface area (Å²) in [6, 6.07) is 3.21. The van der Waals surface area contributed by atoms with Crippen molar-refractivity contribution in [1.82, 2.24) is 14.6 Å². The van der Waals surface area contributed by atoms with Crippen molar-refractivity contribution in [3.05, 3.63) is 18.3 Å². The highest BCUT2D eigenvalue weighted by Crippen LogP contribution is 2.23. The van der Waals surface area contributed by atoms with Gasteiger partial charge in [-0.15, -0.1) is 0 Å². The third-order valence-corrected chi connectivity index (χ3v) is 7.81. The van der Waals surface area contributed by atoms with Crippen molar-refractivity contribution in [2.45, 2.75) is 42.0 Å². The van der Waals surface area contributed by atoms with E-state index in [0.717, 1.165) is 6.54 Å². The summed E-state index contributed by atoms with van der Waals surface area (Å²) in [5.41, 5.74) is 0. The first kappa shape index (κ1) is 20.6. The molecule has 2 fully saturated rings. The number of rotatable bonds is 7. The van der Waals surface area contributed by atoms with Crippen molar-refractivity contribution in [3.63, 3.8) is 0 Å². The number of nitrogens with one attached hydrogen (secondary N) is 1. The van der Waals surface area contributed by atoms with Gasteiger partial charge in [-0.1, -0.05) is 31.0 Å². The van der Waals surface area contributed by atoms with Crippen molar-refractivity contribution < 1.29 is 17.9 Å². The van der Waals surface area contributed by atoms with E-state index < -0.39 is 10.0 Å². The van der Waals surface area contributed by atoms with Crippen LogP contribution in [0.25, 0.3) is 0 Å². The predicted octanol–water partition coefficient (Wildman–Crippen LogP) is 1.89. The molecule has 1 aromatic rings. The third kappa shape index (κ3) is 5.91. The van der Waals surface area contributed by atoms with Crippen LogP contribution in [-0.2, 0) is 19.6 Å². The number of thioether (sulfide) groups is 1. The Morgan fingerprint density at radius 2 is 1.96 bits per heavy atom. The van der Waals surface area contributed by atoms with Crippen molar-refractivity contribution >= 4 is 27.7 Å². The SMILES string of the molecule is O=C(CSc1ccc(S(=O)(=O)N2CCOCC2)cn1)NCC1CCCCC1. The molecule has 9 heteroatoms. The molecule has 27 heavy (non-hydrogen) atoms. The highest BCUT2D eigenvalue weighted by Gasteiger charge is 2.26. The van der Waals surface area contributed by atoms with E-state index in [1.165, 1.54) is 54.4 Å². The van der Waals surface area contributed by atoms with E-state index in [0.29, 0.717) is 37.2 Å². The first-order valence-electron chi connectivity index (χ1n) is 9.49. The number of morpholine rings is 1. The molecule has 0 spiro atoms. The molecule has 1 amide bonds.